The third-order valence-electron chi connectivity index (χ3n) is 6.22. The first-order valence-corrected chi connectivity index (χ1v) is 11.7. The highest BCUT2D eigenvalue weighted by molar-refractivity contribution is 6.11. The second kappa shape index (κ2) is 11.5. The van der Waals surface area contributed by atoms with Crippen molar-refractivity contribution < 1.29 is 23.7 Å². The molecule has 0 radical (unpaired) electrons. The molecule has 0 atom stereocenters. The number of carbonyl (C=O) groups is 1. The molecular formula is C31H30O5. The Morgan fingerprint density at radius 2 is 0.833 bits per heavy atom. The number of benzene rings is 4. The van der Waals surface area contributed by atoms with Gasteiger partial charge in [0, 0.05) is 11.1 Å². The Labute approximate surface area is 212 Å². The molecule has 0 aliphatic carbocycles. The Balaban J connectivity index is 1.71. The molecule has 0 amide bonds. The Morgan fingerprint density at radius 3 is 1.17 bits per heavy atom. The molecule has 0 aliphatic heterocycles. The lowest BCUT2D eigenvalue weighted by molar-refractivity contribution is 0.103. The van der Waals surface area contributed by atoms with Crippen molar-refractivity contribution in [1.29, 1.82) is 0 Å². The van der Waals surface area contributed by atoms with Gasteiger partial charge in [0.1, 0.15) is 23.0 Å². The van der Waals surface area contributed by atoms with E-state index in [1.165, 1.54) is 0 Å². The molecule has 4 aromatic rings. The van der Waals surface area contributed by atoms with Gasteiger partial charge in [-0.2, -0.15) is 0 Å². The molecule has 4 rings (SSSR count). The fraction of sp³-hybridized carbons (Fsp3) is 0.194. The van der Waals surface area contributed by atoms with Crippen LogP contribution in [0.15, 0.2) is 84.9 Å². The summed E-state index contributed by atoms with van der Waals surface area (Å²) in [6.07, 6.45) is 1.18. The lowest BCUT2D eigenvalue weighted by Gasteiger charge is -2.15. The first-order valence-electron chi connectivity index (χ1n) is 11.7. The van der Waals surface area contributed by atoms with Crippen LogP contribution in [-0.2, 0) is 12.8 Å². The maximum atomic E-state index is 13.9. The number of carbonyl (C=O) groups excluding carboxylic acids is 1. The first-order chi connectivity index (χ1) is 17.5. The van der Waals surface area contributed by atoms with E-state index in [2.05, 4.69) is 0 Å². The van der Waals surface area contributed by atoms with E-state index in [4.69, 9.17) is 18.9 Å². The summed E-state index contributed by atoms with van der Waals surface area (Å²) in [4.78, 5) is 13.9. The maximum Gasteiger partial charge on any atom is 0.193 e. The van der Waals surface area contributed by atoms with Gasteiger partial charge >= 0.3 is 0 Å². The largest absolute Gasteiger partial charge is 0.497 e. The van der Waals surface area contributed by atoms with E-state index >= 15 is 0 Å². The summed E-state index contributed by atoms with van der Waals surface area (Å²) in [6.45, 7) is 0. The minimum absolute atomic E-state index is 0.0349. The van der Waals surface area contributed by atoms with Crippen molar-refractivity contribution in [1.82, 2.24) is 0 Å². The highest BCUT2D eigenvalue weighted by Gasteiger charge is 2.19. The van der Waals surface area contributed by atoms with Crippen LogP contribution in [0, 0.1) is 0 Å². The fourth-order valence-electron chi connectivity index (χ4n) is 4.20. The van der Waals surface area contributed by atoms with E-state index in [-0.39, 0.29) is 5.78 Å². The SMILES string of the molecule is COc1ccc(Cc2cc(OC)ccc2C(=O)c2ccc(OC)cc2Cc2ccc(OC)cc2)cc1. The van der Waals surface area contributed by atoms with Crippen LogP contribution in [0.5, 0.6) is 23.0 Å². The first kappa shape index (κ1) is 24.9. The van der Waals surface area contributed by atoms with Crippen LogP contribution in [0.4, 0.5) is 0 Å². The van der Waals surface area contributed by atoms with E-state index in [1.54, 1.807) is 28.4 Å². The summed E-state index contributed by atoms with van der Waals surface area (Å²) in [7, 11) is 6.55. The number of methoxy groups -OCH3 is 4. The maximum absolute atomic E-state index is 13.9. The monoisotopic (exact) mass is 482 g/mol. The number of hydrogen-bond donors (Lipinski definition) is 0. The molecule has 0 aromatic heterocycles. The summed E-state index contributed by atoms with van der Waals surface area (Å²) in [5.74, 6) is 2.98. The minimum atomic E-state index is -0.0349. The topological polar surface area (TPSA) is 54.0 Å². The zero-order chi connectivity index (χ0) is 25.5. The van der Waals surface area contributed by atoms with E-state index < -0.39 is 0 Å². The van der Waals surface area contributed by atoms with Crippen LogP contribution in [0.2, 0.25) is 0 Å². The third-order valence-corrected chi connectivity index (χ3v) is 6.22. The Bertz CT molecular complexity index is 1220. The molecule has 0 heterocycles. The van der Waals surface area contributed by atoms with Crippen LogP contribution in [-0.4, -0.2) is 34.2 Å². The van der Waals surface area contributed by atoms with Gasteiger partial charge in [0.2, 0.25) is 0 Å². The standard InChI is InChI=1S/C31H30O5/c1-33-25-9-5-21(6-10-25)17-23-19-27(35-3)13-15-29(23)31(32)30-16-14-28(36-4)20-24(30)18-22-7-11-26(34-2)12-8-22/h5-16,19-20H,17-18H2,1-4H3. The molecule has 0 N–H and O–H groups in total. The molecule has 0 fully saturated rings. The van der Waals surface area contributed by atoms with Crippen molar-refractivity contribution in [3.05, 3.63) is 118 Å². The Kier molecular flexibility index (Phi) is 7.91. The molecule has 0 spiro atoms. The number of hydrogen-bond acceptors (Lipinski definition) is 5. The zero-order valence-electron chi connectivity index (χ0n) is 21.0. The molecule has 4 aromatic carbocycles. The molecule has 0 saturated heterocycles. The zero-order valence-corrected chi connectivity index (χ0v) is 21.0. The average Bonchev–Trinajstić information content (AvgIpc) is 2.93. The summed E-state index contributed by atoms with van der Waals surface area (Å²) >= 11 is 0. The van der Waals surface area contributed by atoms with Crippen molar-refractivity contribution >= 4 is 5.78 Å². The summed E-state index contributed by atoms with van der Waals surface area (Å²) < 4.78 is 21.5. The number of rotatable bonds is 10. The minimum Gasteiger partial charge on any atom is -0.497 e. The van der Waals surface area contributed by atoms with Crippen molar-refractivity contribution in [2.45, 2.75) is 12.8 Å². The number of ketones is 1. The fourth-order valence-corrected chi connectivity index (χ4v) is 4.20. The van der Waals surface area contributed by atoms with Crippen molar-refractivity contribution in [2.24, 2.45) is 0 Å². The van der Waals surface area contributed by atoms with Crippen LogP contribution in [0.25, 0.3) is 0 Å². The lowest BCUT2D eigenvalue weighted by atomic mass is 9.90. The second-order valence-corrected chi connectivity index (χ2v) is 8.42. The second-order valence-electron chi connectivity index (χ2n) is 8.42. The van der Waals surface area contributed by atoms with Gasteiger partial charge in [0.05, 0.1) is 28.4 Å². The van der Waals surface area contributed by atoms with Crippen LogP contribution in [0.1, 0.15) is 38.2 Å². The molecule has 5 nitrogen and oxygen atoms in total. The average molecular weight is 483 g/mol. The molecule has 184 valence electrons. The van der Waals surface area contributed by atoms with Crippen LogP contribution in [0.3, 0.4) is 0 Å². The van der Waals surface area contributed by atoms with Gasteiger partial charge in [-0.25, -0.2) is 0 Å². The smallest absolute Gasteiger partial charge is 0.193 e. The molecule has 0 aliphatic rings. The quantitative estimate of drug-likeness (QED) is 0.254. The molecule has 0 saturated carbocycles. The van der Waals surface area contributed by atoms with Crippen molar-refractivity contribution in [3.63, 3.8) is 0 Å². The summed E-state index contributed by atoms with van der Waals surface area (Å²) in [6, 6.07) is 27.0. The van der Waals surface area contributed by atoms with Gasteiger partial charge in [-0.05, 0) is 95.8 Å². The van der Waals surface area contributed by atoms with E-state index in [0.717, 1.165) is 33.8 Å². The normalized spacial score (nSPS) is 10.6. The molecule has 5 heteroatoms. The number of ether oxygens (including phenoxy) is 4. The molecule has 0 unspecified atom stereocenters. The van der Waals surface area contributed by atoms with Gasteiger partial charge in [-0.3, -0.25) is 4.79 Å². The van der Waals surface area contributed by atoms with Crippen molar-refractivity contribution in [2.75, 3.05) is 28.4 Å². The summed E-state index contributed by atoms with van der Waals surface area (Å²) in [5, 5.41) is 0. The van der Waals surface area contributed by atoms with E-state index in [1.807, 2.05) is 84.9 Å². The predicted octanol–water partition coefficient (Wildman–Crippen LogP) is 6.13. The summed E-state index contributed by atoms with van der Waals surface area (Å²) in [5.41, 5.74) is 5.24. The van der Waals surface area contributed by atoms with Gasteiger partial charge < -0.3 is 18.9 Å². The van der Waals surface area contributed by atoms with E-state index in [0.29, 0.717) is 35.5 Å². The van der Waals surface area contributed by atoms with Gasteiger partial charge in [0.15, 0.2) is 5.78 Å². The predicted molar refractivity (Wildman–Crippen MR) is 141 cm³/mol. The molecule has 36 heavy (non-hydrogen) atoms. The highest BCUT2D eigenvalue weighted by atomic mass is 16.5. The van der Waals surface area contributed by atoms with Crippen LogP contribution >= 0.6 is 0 Å². The van der Waals surface area contributed by atoms with Gasteiger partial charge in [-0.15, -0.1) is 0 Å². The molecule has 0 bridgehead atoms. The van der Waals surface area contributed by atoms with Gasteiger partial charge in [0.25, 0.3) is 0 Å². The van der Waals surface area contributed by atoms with Gasteiger partial charge in [-0.1, -0.05) is 24.3 Å². The molecular weight excluding hydrogens is 452 g/mol. The highest BCUT2D eigenvalue weighted by Crippen LogP contribution is 2.28. The van der Waals surface area contributed by atoms with Crippen molar-refractivity contribution in [3.8, 4) is 23.0 Å². The third kappa shape index (κ3) is 5.69. The lowest BCUT2D eigenvalue weighted by Crippen LogP contribution is -2.10. The Morgan fingerprint density at radius 1 is 0.500 bits per heavy atom. The van der Waals surface area contributed by atoms with E-state index in [9.17, 15) is 4.79 Å². The van der Waals surface area contributed by atoms with Crippen LogP contribution < -0.4 is 18.9 Å². The Hall–Kier alpha value is -4.25.